The molecule has 208 valence electrons. The molecule has 8 nitrogen and oxygen atoms in total. The minimum absolute atomic E-state index is 0.208. The normalized spacial score (nSPS) is 11.7. The molecule has 4 N–H and O–H groups in total. The van der Waals surface area contributed by atoms with Gasteiger partial charge in [-0.25, -0.2) is 9.36 Å². The third-order valence-corrected chi connectivity index (χ3v) is 6.80. The molecule has 0 fully saturated rings. The highest BCUT2D eigenvalue weighted by Gasteiger charge is 2.29. The van der Waals surface area contributed by atoms with Gasteiger partial charge in [0, 0.05) is 17.5 Å². The predicted molar refractivity (Wildman–Crippen MR) is 155 cm³/mol. The van der Waals surface area contributed by atoms with Crippen LogP contribution in [-0.2, 0) is 0 Å². The van der Waals surface area contributed by atoms with E-state index in [1.807, 2.05) is 98.8 Å². The van der Waals surface area contributed by atoms with E-state index in [1.54, 1.807) is 7.11 Å². The van der Waals surface area contributed by atoms with Crippen molar-refractivity contribution >= 4 is 0 Å². The summed E-state index contributed by atoms with van der Waals surface area (Å²) in [6.45, 7) is 9.04. The molecule has 0 aliphatic heterocycles. The fourth-order valence-corrected chi connectivity index (χ4v) is 4.53. The van der Waals surface area contributed by atoms with Crippen LogP contribution in [0.2, 0.25) is 0 Å². The fraction of sp³-hybridized carbons (Fsp3) is 0.250. The average molecular weight is 540 g/mol. The lowest BCUT2D eigenvalue weighted by Gasteiger charge is -2.21. The third-order valence-electron chi connectivity index (χ3n) is 6.80. The number of aromatic amines is 1. The molecular formula is C32H37N5O3. The highest BCUT2D eigenvalue weighted by Crippen LogP contribution is 2.39. The van der Waals surface area contributed by atoms with Crippen molar-refractivity contribution in [3.8, 4) is 23.0 Å². The highest BCUT2D eigenvalue weighted by atomic mass is 16.5. The maximum atomic E-state index is 13.8. The number of rotatable bonds is 7. The van der Waals surface area contributed by atoms with Crippen LogP contribution in [-0.4, -0.2) is 33.2 Å². The number of ether oxygens (including phenoxy) is 1. The van der Waals surface area contributed by atoms with E-state index in [1.165, 1.54) is 9.36 Å². The molecule has 0 radical (unpaired) electrons. The molecule has 5 aromatic rings. The Labute approximate surface area is 234 Å². The van der Waals surface area contributed by atoms with Crippen molar-refractivity contribution in [3.05, 3.63) is 123 Å². The number of nitrogens with one attached hydrogen (secondary N) is 1. The zero-order chi connectivity index (χ0) is 28.8. The molecule has 5 rings (SSSR count). The molecule has 3 aromatic carbocycles. The van der Waals surface area contributed by atoms with Gasteiger partial charge in [0.1, 0.15) is 5.75 Å². The average Bonchev–Trinajstić information content (AvgIpc) is 3.44. The number of quaternary nitrogens is 1. The molecule has 2 heterocycles. The molecule has 0 amide bonds. The van der Waals surface area contributed by atoms with Crippen molar-refractivity contribution in [1.82, 2.24) is 19.6 Å². The Bertz CT molecular complexity index is 1580. The molecule has 40 heavy (non-hydrogen) atoms. The predicted octanol–water partition coefficient (Wildman–Crippen LogP) is 4.11. The number of nitrogens with zero attached hydrogens (tertiary/aromatic N) is 3. The lowest BCUT2D eigenvalue weighted by Crippen LogP contribution is -2.52. The smallest absolute Gasteiger partial charge is 0.275 e. The number of aromatic nitrogens is 4. The fourth-order valence-electron chi connectivity index (χ4n) is 4.53. The van der Waals surface area contributed by atoms with Crippen LogP contribution >= 0.6 is 0 Å². The third kappa shape index (κ3) is 5.87. The maximum Gasteiger partial charge on any atom is 0.275 e. The summed E-state index contributed by atoms with van der Waals surface area (Å²) >= 11 is 0. The van der Waals surface area contributed by atoms with Crippen LogP contribution in [0.3, 0.4) is 0 Å². The first-order valence-corrected chi connectivity index (χ1v) is 13.4. The van der Waals surface area contributed by atoms with E-state index in [9.17, 15) is 9.90 Å². The number of methoxy groups -OCH3 is 1. The summed E-state index contributed by atoms with van der Waals surface area (Å²) in [4.78, 5) is 13.8. The van der Waals surface area contributed by atoms with Crippen LogP contribution in [0.5, 0.6) is 11.6 Å². The number of hydrogen-bond donors (Lipinski definition) is 2. The summed E-state index contributed by atoms with van der Waals surface area (Å²) < 4.78 is 8.25. The zero-order valence-corrected chi connectivity index (χ0v) is 23.7. The van der Waals surface area contributed by atoms with E-state index in [0.717, 1.165) is 23.7 Å². The standard InChI is InChI=1S/C28H26N4O3.C4H11N/c1-18-24(27(33)31(29-18)21-10-6-4-7-11-21)26(20-14-16-23(35-3)17-15-20)25-19(2)30-32(28(25)34)22-12-8-5-9-13-22;1-4(2)3-5/h4-17,26,29,34H,1-3H3;4H,3,5H2,1-2H3. The topological polar surface area (TPSA) is 116 Å². The molecule has 0 aliphatic carbocycles. The summed E-state index contributed by atoms with van der Waals surface area (Å²) in [6, 6.07) is 26.1. The van der Waals surface area contributed by atoms with Crippen molar-refractivity contribution in [2.24, 2.45) is 5.92 Å². The molecule has 0 saturated heterocycles. The van der Waals surface area contributed by atoms with Crippen molar-refractivity contribution in [2.45, 2.75) is 33.6 Å². The van der Waals surface area contributed by atoms with E-state index in [-0.39, 0.29) is 11.4 Å². The van der Waals surface area contributed by atoms with Gasteiger partial charge < -0.3 is 15.6 Å². The van der Waals surface area contributed by atoms with Gasteiger partial charge in [-0.05, 0) is 67.3 Å². The number of aryl methyl sites for hydroxylation is 2. The van der Waals surface area contributed by atoms with Crippen LogP contribution in [0.25, 0.3) is 11.4 Å². The van der Waals surface area contributed by atoms with Gasteiger partial charge in [0.15, 0.2) is 0 Å². The number of hydrogen-bond acceptors (Lipinski definition) is 4. The summed E-state index contributed by atoms with van der Waals surface area (Å²) in [6.07, 6.45) is 0. The number of para-hydroxylation sites is 2. The molecule has 0 aliphatic rings. The Morgan fingerprint density at radius 1 is 0.900 bits per heavy atom. The van der Waals surface area contributed by atoms with Crippen molar-refractivity contribution < 1.29 is 15.6 Å². The Morgan fingerprint density at radius 3 is 1.98 bits per heavy atom. The second-order valence-corrected chi connectivity index (χ2v) is 10.1. The van der Waals surface area contributed by atoms with Gasteiger partial charge >= 0.3 is 0 Å². The monoisotopic (exact) mass is 539 g/mol. The lowest BCUT2D eigenvalue weighted by atomic mass is 9.85. The molecule has 0 saturated carbocycles. The zero-order valence-electron chi connectivity index (χ0n) is 23.7. The van der Waals surface area contributed by atoms with Crippen molar-refractivity contribution in [3.63, 3.8) is 0 Å². The van der Waals surface area contributed by atoms with E-state index in [2.05, 4.69) is 29.8 Å². The Balaban J connectivity index is 0.000000681. The molecule has 0 bridgehead atoms. The maximum absolute atomic E-state index is 13.8. The van der Waals surface area contributed by atoms with Crippen molar-refractivity contribution in [1.29, 1.82) is 0 Å². The Morgan fingerprint density at radius 2 is 1.45 bits per heavy atom. The lowest BCUT2D eigenvalue weighted by molar-refractivity contribution is -0.376. The highest BCUT2D eigenvalue weighted by molar-refractivity contribution is 5.52. The Hall–Kier alpha value is -4.56. The van der Waals surface area contributed by atoms with Crippen LogP contribution < -0.4 is 21.1 Å². The van der Waals surface area contributed by atoms with Crippen molar-refractivity contribution in [2.75, 3.05) is 13.7 Å². The van der Waals surface area contributed by atoms with Gasteiger partial charge in [0.05, 0.1) is 36.3 Å². The number of H-pyrrole nitrogens is 1. The first kappa shape index (κ1) is 28.4. The first-order chi connectivity index (χ1) is 19.3. The van der Waals surface area contributed by atoms with Gasteiger partial charge in [-0.1, -0.05) is 62.4 Å². The van der Waals surface area contributed by atoms with Gasteiger partial charge in [-0.15, -0.1) is 0 Å². The molecule has 1 atom stereocenters. The largest absolute Gasteiger partial charge is 0.858 e. The van der Waals surface area contributed by atoms with Gasteiger partial charge in [-0.2, -0.15) is 5.10 Å². The quantitative estimate of drug-likeness (QED) is 0.324. The van der Waals surface area contributed by atoms with E-state index in [0.29, 0.717) is 34.0 Å². The molecule has 8 heteroatoms. The minimum atomic E-state index is -0.611. The van der Waals surface area contributed by atoms with Crippen LogP contribution in [0.4, 0.5) is 0 Å². The Kier molecular flexibility index (Phi) is 8.91. The van der Waals surface area contributed by atoms with E-state index < -0.39 is 5.92 Å². The van der Waals surface area contributed by atoms with Gasteiger partial charge in [-0.3, -0.25) is 9.89 Å². The SMILES string of the molecule is CC(C)C[NH3+].COc1ccc(C(c2c(C)nn(-c3ccccc3)c2[O-])c2c(C)[nH]n(-c3ccccc3)c2=O)cc1. The summed E-state index contributed by atoms with van der Waals surface area (Å²) in [5.41, 5.74) is 7.91. The summed E-state index contributed by atoms with van der Waals surface area (Å²) in [5, 5.41) is 21.5. The second-order valence-electron chi connectivity index (χ2n) is 10.1. The van der Waals surface area contributed by atoms with Crippen LogP contribution in [0, 0.1) is 19.8 Å². The van der Waals surface area contributed by atoms with Gasteiger partial charge in [0.2, 0.25) is 0 Å². The summed E-state index contributed by atoms with van der Waals surface area (Å²) in [5.74, 6) is 0.606. The second kappa shape index (κ2) is 12.5. The molecular weight excluding hydrogens is 502 g/mol. The summed E-state index contributed by atoms with van der Waals surface area (Å²) in [7, 11) is 1.60. The minimum Gasteiger partial charge on any atom is -0.858 e. The van der Waals surface area contributed by atoms with Gasteiger partial charge in [0.25, 0.3) is 5.56 Å². The number of benzene rings is 3. The van der Waals surface area contributed by atoms with E-state index >= 15 is 0 Å². The van der Waals surface area contributed by atoms with Crippen LogP contribution in [0.1, 0.15) is 47.8 Å². The molecule has 0 spiro atoms. The van der Waals surface area contributed by atoms with Crippen LogP contribution in [0.15, 0.2) is 89.7 Å². The first-order valence-electron chi connectivity index (χ1n) is 13.4. The molecule has 1 unspecified atom stereocenters. The van der Waals surface area contributed by atoms with E-state index in [4.69, 9.17) is 4.74 Å². The molecule has 2 aromatic heterocycles.